The lowest BCUT2D eigenvalue weighted by Gasteiger charge is -2.35. The van der Waals surface area contributed by atoms with E-state index in [0.717, 1.165) is 4.88 Å². The van der Waals surface area contributed by atoms with Gasteiger partial charge >= 0.3 is 11.9 Å². The summed E-state index contributed by atoms with van der Waals surface area (Å²) in [6.07, 6.45) is -0.124. The number of hydrogen-bond donors (Lipinski definition) is 1. The second-order valence-corrected chi connectivity index (χ2v) is 6.79. The second kappa shape index (κ2) is 6.21. The number of rotatable bonds is 4. The van der Waals surface area contributed by atoms with E-state index in [2.05, 4.69) is 4.99 Å². The number of carboxylic acids is 1. The van der Waals surface area contributed by atoms with Gasteiger partial charge in [-0.1, -0.05) is 17.8 Å². The molecule has 1 N–H and O–H groups in total. The monoisotopic (exact) mass is 350 g/mol. The zero-order valence-electron chi connectivity index (χ0n) is 12.5. The fraction of sp³-hybridized carbons (Fsp3) is 0.267. The zero-order valence-corrected chi connectivity index (χ0v) is 14.1. The number of thioether (sulfide) groups is 1. The predicted molar refractivity (Wildman–Crippen MR) is 89.0 cm³/mol. The van der Waals surface area contributed by atoms with Gasteiger partial charge in [0.1, 0.15) is 6.04 Å². The van der Waals surface area contributed by atoms with Crippen LogP contribution in [0.1, 0.15) is 24.3 Å². The minimum absolute atomic E-state index is 0.124. The predicted octanol–water partition coefficient (Wildman–Crippen LogP) is 2.97. The number of nitrogens with zero attached hydrogens (tertiary/aromatic N) is 2. The second-order valence-electron chi connectivity index (χ2n) is 4.97. The molecule has 1 atom stereocenters. The van der Waals surface area contributed by atoms with Gasteiger partial charge in [0.25, 0.3) is 0 Å². The van der Waals surface area contributed by atoms with Crippen molar-refractivity contribution in [1.29, 1.82) is 0 Å². The molecule has 0 aromatic carbocycles. The Morgan fingerprint density at radius 1 is 1.48 bits per heavy atom. The van der Waals surface area contributed by atoms with Gasteiger partial charge in [-0.3, -0.25) is 4.79 Å². The van der Waals surface area contributed by atoms with Crippen molar-refractivity contribution in [3.63, 3.8) is 0 Å². The number of carbonyl (C=O) groups excluding carboxylic acids is 1. The highest BCUT2D eigenvalue weighted by Crippen LogP contribution is 2.45. The number of aliphatic carboxylic acids is 1. The zero-order chi connectivity index (χ0) is 16.6. The standard InChI is InChI=1S/C15H14N2O4S2/c1-8-12(14(20)21-2)13(10-4-3-5-22-10)17-9(6-11(18)19)7-23-15(17)16-8/h3-5,7,13H,6H2,1-2H3,(H,18,19). The maximum Gasteiger partial charge on any atom is 0.338 e. The van der Waals surface area contributed by atoms with Gasteiger partial charge < -0.3 is 14.7 Å². The van der Waals surface area contributed by atoms with Gasteiger partial charge in [-0.2, -0.15) is 0 Å². The Labute approximate surface area is 141 Å². The summed E-state index contributed by atoms with van der Waals surface area (Å²) in [6, 6.07) is 3.42. The molecule has 120 valence electrons. The maximum atomic E-state index is 12.3. The molecule has 0 radical (unpaired) electrons. The average Bonchev–Trinajstić information content (AvgIpc) is 3.15. The first-order valence-electron chi connectivity index (χ1n) is 6.80. The minimum atomic E-state index is -0.922. The number of hydrogen-bond acceptors (Lipinski definition) is 7. The van der Waals surface area contributed by atoms with E-state index in [-0.39, 0.29) is 6.42 Å². The van der Waals surface area contributed by atoms with Crippen LogP contribution in [0.3, 0.4) is 0 Å². The van der Waals surface area contributed by atoms with Crippen molar-refractivity contribution in [2.75, 3.05) is 7.11 Å². The topological polar surface area (TPSA) is 79.2 Å². The fourth-order valence-corrected chi connectivity index (χ4v) is 4.40. The van der Waals surface area contributed by atoms with Crippen LogP contribution < -0.4 is 0 Å². The van der Waals surface area contributed by atoms with Crippen LogP contribution in [0.4, 0.5) is 0 Å². The molecule has 6 nitrogen and oxygen atoms in total. The Hall–Kier alpha value is -2.06. The first-order valence-corrected chi connectivity index (χ1v) is 8.56. The van der Waals surface area contributed by atoms with Gasteiger partial charge in [0.05, 0.1) is 24.8 Å². The quantitative estimate of drug-likeness (QED) is 0.841. The van der Waals surface area contributed by atoms with Crippen molar-refractivity contribution in [1.82, 2.24) is 4.90 Å². The number of methoxy groups -OCH3 is 1. The highest BCUT2D eigenvalue weighted by molar-refractivity contribution is 8.16. The fourth-order valence-electron chi connectivity index (χ4n) is 2.61. The number of amidine groups is 1. The molecule has 8 heteroatoms. The van der Waals surface area contributed by atoms with Crippen LogP contribution in [-0.2, 0) is 14.3 Å². The van der Waals surface area contributed by atoms with Gasteiger partial charge in [-0.15, -0.1) is 11.3 Å². The summed E-state index contributed by atoms with van der Waals surface area (Å²) < 4.78 is 4.92. The smallest absolute Gasteiger partial charge is 0.338 e. The molecule has 0 aliphatic carbocycles. The van der Waals surface area contributed by atoms with Crippen LogP contribution in [0, 0.1) is 0 Å². The van der Waals surface area contributed by atoms with E-state index in [1.54, 1.807) is 12.3 Å². The first-order chi connectivity index (χ1) is 11.0. The van der Waals surface area contributed by atoms with Crippen molar-refractivity contribution in [3.05, 3.63) is 44.8 Å². The number of allylic oxidation sites excluding steroid dienone is 1. The highest BCUT2D eigenvalue weighted by atomic mass is 32.2. The number of carboxylic acid groups (broad SMARTS) is 1. The van der Waals surface area contributed by atoms with Gasteiger partial charge in [0, 0.05) is 10.6 Å². The number of ether oxygens (including phenoxy) is 1. The van der Waals surface area contributed by atoms with Crippen LogP contribution in [-0.4, -0.2) is 34.2 Å². The molecule has 23 heavy (non-hydrogen) atoms. The molecule has 0 saturated carbocycles. The van der Waals surface area contributed by atoms with Gasteiger partial charge in [0.15, 0.2) is 5.17 Å². The van der Waals surface area contributed by atoms with E-state index >= 15 is 0 Å². The first kappa shape index (κ1) is 15.8. The van der Waals surface area contributed by atoms with Crippen molar-refractivity contribution in [2.24, 2.45) is 4.99 Å². The third kappa shape index (κ3) is 2.79. The Morgan fingerprint density at radius 2 is 2.26 bits per heavy atom. The molecule has 1 aromatic rings. The normalized spacial score (nSPS) is 20.1. The van der Waals surface area contributed by atoms with E-state index in [1.807, 2.05) is 22.4 Å². The third-order valence-corrected chi connectivity index (χ3v) is 5.36. The van der Waals surface area contributed by atoms with Crippen LogP contribution >= 0.6 is 23.1 Å². The van der Waals surface area contributed by atoms with E-state index in [0.29, 0.717) is 22.1 Å². The van der Waals surface area contributed by atoms with Crippen LogP contribution in [0.2, 0.25) is 0 Å². The summed E-state index contributed by atoms with van der Waals surface area (Å²) in [6.45, 7) is 1.77. The SMILES string of the molecule is COC(=O)C1=C(C)N=C2SC=C(CC(=O)O)N2C1c1cccs1. The largest absolute Gasteiger partial charge is 0.481 e. The number of thiophene rings is 1. The highest BCUT2D eigenvalue weighted by Gasteiger charge is 2.41. The van der Waals surface area contributed by atoms with Crippen LogP contribution in [0.25, 0.3) is 0 Å². The molecule has 3 rings (SSSR count). The molecular formula is C15H14N2O4S2. The molecular weight excluding hydrogens is 336 g/mol. The lowest BCUT2D eigenvalue weighted by molar-refractivity contribution is -0.137. The summed E-state index contributed by atoms with van der Waals surface area (Å²) in [5.74, 6) is -1.37. The molecule has 0 saturated heterocycles. The van der Waals surface area contributed by atoms with Crippen LogP contribution in [0.5, 0.6) is 0 Å². The Balaban J connectivity index is 2.11. The Morgan fingerprint density at radius 3 is 2.87 bits per heavy atom. The van der Waals surface area contributed by atoms with Crippen molar-refractivity contribution < 1.29 is 19.4 Å². The summed E-state index contributed by atoms with van der Waals surface area (Å²) in [4.78, 5) is 30.6. The lowest BCUT2D eigenvalue weighted by Crippen LogP contribution is -2.36. The van der Waals surface area contributed by atoms with Crippen LogP contribution in [0.15, 0.2) is 44.9 Å². The minimum Gasteiger partial charge on any atom is -0.481 e. The van der Waals surface area contributed by atoms with E-state index < -0.39 is 18.0 Å². The molecule has 1 aromatic heterocycles. The van der Waals surface area contributed by atoms with E-state index in [9.17, 15) is 9.59 Å². The number of fused-ring (bicyclic) bond motifs is 1. The summed E-state index contributed by atoms with van der Waals surface area (Å²) in [5, 5.41) is 13.5. The van der Waals surface area contributed by atoms with Gasteiger partial charge in [-0.25, -0.2) is 9.79 Å². The Bertz CT molecular complexity index is 750. The number of esters is 1. The molecule has 1 unspecified atom stereocenters. The average molecular weight is 350 g/mol. The molecule has 2 aliphatic rings. The lowest BCUT2D eigenvalue weighted by atomic mass is 9.99. The summed E-state index contributed by atoms with van der Waals surface area (Å²) in [7, 11) is 1.33. The molecule has 0 bridgehead atoms. The van der Waals surface area contributed by atoms with Gasteiger partial charge in [0.2, 0.25) is 0 Å². The molecule has 0 amide bonds. The van der Waals surface area contributed by atoms with Gasteiger partial charge in [-0.05, 0) is 23.8 Å². The number of aliphatic imine (C=N–C) groups is 1. The summed E-state index contributed by atoms with van der Waals surface area (Å²) >= 11 is 2.88. The molecule has 0 spiro atoms. The van der Waals surface area contributed by atoms with Crippen molar-refractivity contribution >= 4 is 40.2 Å². The van der Waals surface area contributed by atoms with Crippen molar-refractivity contribution in [2.45, 2.75) is 19.4 Å². The summed E-state index contributed by atoms with van der Waals surface area (Å²) in [5.41, 5.74) is 1.66. The van der Waals surface area contributed by atoms with E-state index in [1.165, 1.54) is 30.2 Å². The maximum absolute atomic E-state index is 12.3. The number of carbonyl (C=O) groups is 2. The Kier molecular flexibility index (Phi) is 4.27. The molecule has 3 heterocycles. The molecule has 2 aliphatic heterocycles. The third-order valence-electron chi connectivity index (χ3n) is 3.55. The van der Waals surface area contributed by atoms with Crippen molar-refractivity contribution in [3.8, 4) is 0 Å². The van der Waals surface area contributed by atoms with E-state index in [4.69, 9.17) is 9.84 Å². The molecule has 0 fully saturated rings.